The summed E-state index contributed by atoms with van der Waals surface area (Å²) in [6.07, 6.45) is 3.45. The third-order valence-electron chi connectivity index (χ3n) is 4.92. The summed E-state index contributed by atoms with van der Waals surface area (Å²) < 4.78 is 5.36. The van der Waals surface area contributed by atoms with E-state index >= 15 is 0 Å². The number of carbonyl (C=O) groups is 1. The van der Waals surface area contributed by atoms with Crippen molar-refractivity contribution in [2.24, 2.45) is 0 Å². The highest BCUT2D eigenvalue weighted by molar-refractivity contribution is 6.06. The molecule has 3 heterocycles. The number of hydrogen-bond acceptors (Lipinski definition) is 5. The molecule has 0 spiro atoms. The van der Waals surface area contributed by atoms with E-state index in [0.29, 0.717) is 22.4 Å². The number of carbonyl (C=O) groups excluding carboxylic acids is 1. The molecule has 0 saturated heterocycles. The largest absolute Gasteiger partial charge is 0.341 e. The monoisotopic (exact) mass is 386 g/mol. The first-order valence-corrected chi connectivity index (χ1v) is 9.57. The normalized spacial score (nSPS) is 12.3. The molecule has 0 bridgehead atoms. The van der Waals surface area contributed by atoms with Crippen molar-refractivity contribution in [2.75, 3.05) is 0 Å². The smallest absolute Gasteiger partial charge is 0.259 e. The highest BCUT2D eigenvalue weighted by atomic mass is 16.5. The van der Waals surface area contributed by atoms with Crippen LogP contribution in [0.25, 0.3) is 11.1 Å². The molecular weight excluding hydrogens is 364 g/mol. The number of aromatic nitrogens is 3. The number of aryl methyl sites for hydroxylation is 1. The zero-order valence-electron chi connectivity index (χ0n) is 16.6. The molecule has 1 aromatic carbocycles. The lowest BCUT2D eigenvalue weighted by Gasteiger charge is -2.20. The van der Waals surface area contributed by atoms with Gasteiger partial charge in [0.15, 0.2) is 0 Å². The Morgan fingerprint density at radius 1 is 1.03 bits per heavy atom. The number of fused-ring (bicyclic) bond motifs is 1. The van der Waals surface area contributed by atoms with Gasteiger partial charge in [-0.05, 0) is 42.2 Å². The molecule has 0 fully saturated rings. The Hall–Kier alpha value is -3.54. The van der Waals surface area contributed by atoms with Crippen molar-refractivity contribution < 1.29 is 9.32 Å². The molecule has 1 N–H and O–H groups in total. The second-order valence-corrected chi connectivity index (χ2v) is 7.30. The van der Waals surface area contributed by atoms with E-state index < -0.39 is 0 Å². The first kappa shape index (κ1) is 18.8. The van der Waals surface area contributed by atoms with Crippen LogP contribution >= 0.6 is 0 Å². The summed E-state index contributed by atoms with van der Waals surface area (Å²) >= 11 is 0. The van der Waals surface area contributed by atoms with E-state index in [0.717, 1.165) is 16.8 Å². The zero-order valence-corrected chi connectivity index (χ0v) is 16.6. The Bertz CT molecular complexity index is 1100. The van der Waals surface area contributed by atoms with E-state index in [1.165, 1.54) is 0 Å². The highest BCUT2D eigenvalue weighted by Crippen LogP contribution is 2.27. The van der Waals surface area contributed by atoms with Gasteiger partial charge >= 0.3 is 0 Å². The second-order valence-electron chi connectivity index (χ2n) is 7.30. The third-order valence-corrected chi connectivity index (χ3v) is 4.92. The summed E-state index contributed by atoms with van der Waals surface area (Å²) in [5.41, 5.74) is 4.29. The molecule has 0 saturated carbocycles. The predicted octanol–water partition coefficient (Wildman–Crippen LogP) is 4.57. The number of nitrogens with one attached hydrogen (secondary N) is 1. The number of nitrogens with zero attached hydrogens (tertiary/aromatic N) is 3. The predicted molar refractivity (Wildman–Crippen MR) is 111 cm³/mol. The van der Waals surface area contributed by atoms with Crippen LogP contribution in [0.15, 0.2) is 65.4 Å². The van der Waals surface area contributed by atoms with E-state index in [1.54, 1.807) is 12.4 Å². The van der Waals surface area contributed by atoms with Crippen molar-refractivity contribution in [3.8, 4) is 0 Å². The quantitative estimate of drug-likeness (QED) is 0.543. The van der Waals surface area contributed by atoms with Crippen molar-refractivity contribution in [3.05, 3.63) is 89.0 Å². The Morgan fingerprint density at radius 3 is 2.41 bits per heavy atom. The molecule has 6 nitrogen and oxygen atoms in total. The van der Waals surface area contributed by atoms with Crippen molar-refractivity contribution in [1.29, 1.82) is 0 Å². The van der Waals surface area contributed by atoms with E-state index in [9.17, 15) is 4.79 Å². The van der Waals surface area contributed by atoms with Crippen LogP contribution in [0, 0.1) is 6.92 Å². The van der Waals surface area contributed by atoms with E-state index in [1.807, 2.05) is 69.3 Å². The SMILES string of the molecule is Cc1noc2nc(C(C)C)cc(C(=O)NC(c3ccccc3)c3ccncc3)c12. The van der Waals surface area contributed by atoms with Crippen LogP contribution in [0.4, 0.5) is 0 Å². The van der Waals surface area contributed by atoms with Crippen LogP contribution in [0.3, 0.4) is 0 Å². The van der Waals surface area contributed by atoms with Crippen molar-refractivity contribution in [1.82, 2.24) is 20.4 Å². The van der Waals surface area contributed by atoms with E-state index in [4.69, 9.17) is 4.52 Å². The standard InChI is InChI=1S/C23H22N4O2/c1-14(2)19-13-18(20-15(3)27-29-23(20)25-19)22(28)26-21(16-7-5-4-6-8-16)17-9-11-24-12-10-17/h4-14,21H,1-3H3,(H,26,28). The van der Waals surface area contributed by atoms with Gasteiger partial charge in [-0.25, -0.2) is 4.98 Å². The van der Waals surface area contributed by atoms with Crippen molar-refractivity contribution in [2.45, 2.75) is 32.7 Å². The summed E-state index contributed by atoms with van der Waals surface area (Å²) in [6.45, 7) is 5.88. The molecular formula is C23H22N4O2. The molecule has 4 rings (SSSR count). The summed E-state index contributed by atoms with van der Waals surface area (Å²) in [7, 11) is 0. The van der Waals surface area contributed by atoms with Crippen LogP contribution in [-0.4, -0.2) is 21.0 Å². The molecule has 6 heteroatoms. The molecule has 0 aliphatic rings. The van der Waals surface area contributed by atoms with Gasteiger partial charge in [0.2, 0.25) is 0 Å². The Kier molecular flexibility index (Phi) is 5.08. The van der Waals surface area contributed by atoms with Crippen LogP contribution in [0.1, 0.15) is 58.7 Å². The fourth-order valence-corrected chi connectivity index (χ4v) is 3.36. The molecule has 3 aromatic heterocycles. The Balaban J connectivity index is 1.78. The van der Waals surface area contributed by atoms with E-state index in [2.05, 4.69) is 20.4 Å². The van der Waals surface area contributed by atoms with Gasteiger partial charge in [-0.15, -0.1) is 0 Å². The maximum Gasteiger partial charge on any atom is 0.259 e. The minimum atomic E-state index is -0.308. The average Bonchev–Trinajstić information content (AvgIpc) is 3.13. The van der Waals surface area contributed by atoms with Gasteiger partial charge in [0.05, 0.1) is 22.7 Å². The lowest BCUT2D eigenvalue weighted by molar-refractivity contribution is 0.0944. The minimum Gasteiger partial charge on any atom is -0.341 e. The number of pyridine rings is 2. The summed E-state index contributed by atoms with van der Waals surface area (Å²) in [5, 5.41) is 7.83. The van der Waals surface area contributed by atoms with Crippen LogP contribution in [0.5, 0.6) is 0 Å². The van der Waals surface area contributed by atoms with Crippen LogP contribution in [0.2, 0.25) is 0 Å². The number of amides is 1. The number of benzene rings is 1. The number of rotatable bonds is 5. The van der Waals surface area contributed by atoms with Gasteiger partial charge < -0.3 is 9.84 Å². The maximum atomic E-state index is 13.4. The zero-order chi connectivity index (χ0) is 20.4. The maximum absolute atomic E-state index is 13.4. The van der Waals surface area contributed by atoms with Gasteiger partial charge in [-0.3, -0.25) is 9.78 Å². The molecule has 1 unspecified atom stereocenters. The fourth-order valence-electron chi connectivity index (χ4n) is 3.36. The molecule has 0 radical (unpaired) electrons. The molecule has 29 heavy (non-hydrogen) atoms. The first-order chi connectivity index (χ1) is 14.0. The van der Waals surface area contributed by atoms with Gasteiger partial charge in [0, 0.05) is 18.1 Å². The molecule has 0 aliphatic carbocycles. The minimum absolute atomic E-state index is 0.154. The Morgan fingerprint density at radius 2 is 1.72 bits per heavy atom. The summed E-state index contributed by atoms with van der Waals surface area (Å²) in [6, 6.07) is 15.2. The van der Waals surface area contributed by atoms with Gasteiger partial charge in [0.1, 0.15) is 0 Å². The second kappa shape index (κ2) is 7.83. The van der Waals surface area contributed by atoms with Crippen LogP contribution < -0.4 is 5.32 Å². The van der Waals surface area contributed by atoms with Gasteiger partial charge in [0.25, 0.3) is 11.6 Å². The number of hydrogen-bond donors (Lipinski definition) is 1. The summed E-state index contributed by atoms with van der Waals surface area (Å²) in [5.74, 6) is -0.0438. The lowest BCUT2D eigenvalue weighted by atomic mass is 9.98. The highest BCUT2D eigenvalue weighted by Gasteiger charge is 2.23. The van der Waals surface area contributed by atoms with Crippen molar-refractivity contribution >= 4 is 17.0 Å². The third kappa shape index (κ3) is 3.74. The van der Waals surface area contributed by atoms with Gasteiger partial charge in [-0.2, -0.15) is 0 Å². The molecule has 1 amide bonds. The molecule has 0 aliphatic heterocycles. The molecule has 146 valence electrons. The first-order valence-electron chi connectivity index (χ1n) is 9.57. The summed E-state index contributed by atoms with van der Waals surface area (Å²) in [4.78, 5) is 22.0. The van der Waals surface area contributed by atoms with Crippen LogP contribution in [-0.2, 0) is 0 Å². The van der Waals surface area contributed by atoms with Crippen molar-refractivity contribution in [3.63, 3.8) is 0 Å². The topological polar surface area (TPSA) is 80.9 Å². The van der Waals surface area contributed by atoms with Gasteiger partial charge in [-0.1, -0.05) is 49.3 Å². The average molecular weight is 386 g/mol. The molecule has 1 atom stereocenters. The molecule has 4 aromatic rings. The Labute approximate surface area is 169 Å². The fraction of sp³-hybridized carbons (Fsp3) is 0.217. The van der Waals surface area contributed by atoms with E-state index in [-0.39, 0.29) is 17.9 Å². The lowest BCUT2D eigenvalue weighted by Crippen LogP contribution is -2.29.